The molecule has 0 fully saturated rings. The highest BCUT2D eigenvalue weighted by molar-refractivity contribution is 7.99. The van der Waals surface area contributed by atoms with E-state index in [0.29, 0.717) is 41.3 Å². The lowest BCUT2D eigenvalue weighted by molar-refractivity contribution is -0.143. The summed E-state index contributed by atoms with van der Waals surface area (Å²) in [5.74, 6) is 2.65. The molecule has 1 heterocycles. The number of rotatable bonds is 15. The molecule has 0 aliphatic heterocycles. The van der Waals surface area contributed by atoms with Crippen molar-refractivity contribution in [3.05, 3.63) is 23.9 Å². The summed E-state index contributed by atoms with van der Waals surface area (Å²) in [7, 11) is 4.79. The Hall–Kier alpha value is -2.03. The van der Waals surface area contributed by atoms with E-state index < -0.39 is 6.29 Å². The molecule has 178 valence electrons. The maximum Gasteiger partial charge on any atom is 0.203 e. The Kier molecular flexibility index (Phi) is 11.6. The Bertz CT molecular complexity index is 803. The highest BCUT2D eigenvalue weighted by Gasteiger charge is 2.20. The standard InChI is InChI=1S/C24H36N2O5S/c1-7-10-11-12-13-32-24-25-18(16-19(26-24)23(30-8-2)31-9-3)17-14-20(27-4)22(29-6)21(15-17)28-5/h14-16,23H,7-13H2,1-6H3. The van der Waals surface area contributed by atoms with Gasteiger partial charge in [0.1, 0.15) is 5.69 Å². The molecule has 2 aromatic rings. The minimum absolute atomic E-state index is 0.522. The SMILES string of the molecule is CCCCCCSc1nc(-c2cc(OC)c(OC)c(OC)c2)cc(C(OCC)OCC)n1. The molecule has 2 rings (SSSR count). The topological polar surface area (TPSA) is 71.9 Å². The third-order valence-electron chi connectivity index (χ3n) is 4.79. The van der Waals surface area contributed by atoms with E-state index in [-0.39, 0.29) is 0 Å². The van der Waals surface area contributed by atoms with Gasteiger partial charge in [-0.1, -0.05) is 37.9 Å². The highest BCUT2D eigenvalue weighted by atomic mass is 32.2. The fraction of sp³-hybridized carbons (Fsp3) is 0.583. The lowest BCUT2D eigenvalue weighted by Crippen LogP contribution is -2.12. The van der Waals surface area contributed by atoms with Gasteiger partial charge < -0.3 is 23.7 Å². The van der Waals surface area contributed by atoms with Gasteiger partial charge in [0.2, 0.25) is 12.0 Å². The molecule has 0 atom stereocenters. The van der Waals surface area contributed by atoms with Gasteiger partial charge in [-0.25, -0.2) is 9.97 Å². The molecule has 0 N–H and O–H groups in total. The van der Waals surface area contributed by atoms with Crippen molar-refractivity contribution in [3.8, 4) is 28.5 Å². The number of ether oxygens (including phenoxy) is 5. The zero-order chi connectivity index (χ0) is 23.3. The Balaban J connectivity index is 2.47. The van der Waals surface area contributed by atoms with Crippen molar-refractivity contribution in [2.45, 2.75) is 57.9 Å². The van der Waals surface area contributed by atoms with Crippen LogP contribution in [0.4, 0.5) is 0 Å². The van der Waals surface area contributed by atoms with Crippen molar-refractivity contribution in [2.75, 3.05) is 40.3 Å². The summed E-state index contributed by atoms with van der Waals surface area (Å²) in [5, 5.41) is 0.701. The summed E-state index contributed by atoms with van der Waals surface area (Å²) >= 11 is 1.65. The first-order valence-corrected chi connectivity index (χ1v) is 12.2. The average molecular weight is 465 g/mol. The van der Waals surface area contributed by atoms with Crippen LogP contribution in [-0.4, -0.2) is 50.3 Å². The van der Waals surface area contributed by atoms with Gasteiger partial charge in [-0.15, -0.1) is 0 Å². The maximum absolute atomic E-state index is 5.81. The van der Waals surface area contributed by atoms with E-state index in [4.69, 9.17) is 33.7 Å². The molecule has 0 spiro atoms. The molecule has 0 saturated carbocycles. The van der Waals surface area contributed by atoms with Crippen molar-refractivity contribution < 1.29 is 23.7 Å². The molecule has 1 aromatic heterocycles. The number of methoxy groups -OCH3 is 3. The van der Waals surface area contributed by atoms with Crippen molar-refractivity contribution in [1.29, 1.82) is 0 Å². The number of hydrogen-bond donors (Lipinski definition) is 0. The van der Waals surface area contributed by atoms with E-state index in [1.54, 1.807) is 33.1 Å². The number of benzene rings is 1. The Morgan fingerprint density at radius 2 is 1.47 bits per heavy atom. The number of hydrogen-bond acceptors (Lipinski definition) is 8. The maximum atomic E-state index is 5.81. The van der Waals surface area contributed by atoms with Crippen molar-refractivity contribution in [2.24, 2.45) is 0 Å². The number of aromatic nitrogens is 2. The van der Waals surface area contributed by atoms with E-state index in [1.165, 1.54) is 19.3 Å². The lowest BCUT2D eigenvalue weighted by Gasteiger charge is -2.18. The molecular formula is C24H36N2O5S. The third kappa shape index (κ3) is 7.25. The first kappa shape index (κ1) is 26.2. The second-order valence-electron chi connectivity index (χ2n) is 7.03. The van der Waals surface area contributed by atoms with Gasteiger partial charge in [-0.05, 0) is 38.5 Å². The van der Waals surface area contributed by atoms with Crippen LogP contribution in [0.5, 0.6) is 17.2 Å². The molecule has 0 radical (unpaired) electrons. The number of nitrogens with zero attached hydrogens (tertiary/aromatic N) is 2. The molecule has 32 heavy (non-hydrogen) atoms. The van der Waals surface area contributed by atoms with Crippen LogP contribution < -0.4 is 14.2 Å². The quantitative estimate of drug-likeness (QED) is 0.139. The van der Waals surface area contributed by atoms with Crippen LogP contribution in [0.15, 0.2) is 23.4 Å². The van der Waals surface area contributed by atoms with Crippen LogP contribution in [0.3, 0.4) is 0 Å². The Morgan fingerprint density at radius 1 is 0.812 bits per heavy atom. The molecule has 0 unspecified atom stereocenters. The summed E-state index contributed by atoms with van der Waals surface area (Å²) in [5.41, 5.74) is 2.28. The first-order chi connectivity index (χ1) is 15.6. The zero-order valence-electron chi connectivity index (χ0n) is 20.1. The van der Waals surface area contributed by atoms with Crippen LogP contribution in [0.2, 0.25) is 0 Å². The van der Waals surface area contributed by atoms with E-state index in [2.05, 4.69) is 6.92 Å². The average Bonchev–Trinajstić information content (AvgIpc) is 2.82. The van der Waals surface area contributed by atoms with E-state index in [0.717, 1.165) is 23.4 Å². The first-order valence-electron chi connectivity index (χ1n) is 11.2. The number of unbranched alkanes of at least 4 members (excludes halogenated alkanes) is 3. The van der Waals surface area contributed by atoms with Gasteiger partial charge >= 0.3 is 0 Å². The van der Waals surface area contributed by atoms with Crippen LogP contribution in [0.25, 0.3) is 11.3 Å². The molecular weight excluding hydrogens is 428 g/mol. The molecule has 0 bridgehead atoms. The molecule has 0 amide bonds. The van der Waals surface area contributed by atoms with Crippen LogP contribution in [0, 0.1) is 0 Å². The molecule has 0 aliphatic carbocycles. The summed E-state index contributed by atoms with van der Waals surface area (Å²) in [6.07, 6.45) is 4.25. The fourth-order valence-corrected chi connectivity index (χ4v) is 4.08. The normalized spacial score (nSPS) is 11.1. The molecule has 8 heteroatoms. The van der Waals surface area contributed by atoms with Crippen molar-refractivity contribution in [1.82, 2.24) is 9.97 Å². The summed E-state index contributed by atoms with van der Waals surface area (Å²) in [6.45, 7) is 7.14. The molecule has 7 nitrogen and oxygen atoms in total. The van der Waals surface area contributed by atoms with Gasteiger partial charge in [-0.3, -0.25) is 0 Å². The summed E-state index contributed by atoms with van der Waals surface area (Å²) in [4.78, 5) is 9.57. The van der Waals surface area contributed by atoms with Crippen LogP contribution in [-0.2, 0) is 9.47 Å². The zero-order valence-corrected chi connectivity index (χ0v) is 20.9. The molecule has 1 aromatic carbocycles. The van der Waals surface area contributed by atoms with Gasteiger partial charge in [-0.2, -0.15) is 0 Å². The fourth-order valence-electron chi connectivity index (χ4n) is 3.22. The second-order valence-corrected chi connectivity index (χ2v) is 8.09. The Morgan fingerprint density at radius 3 is 2.00 bits per heavy atom. The lowest BCUT2D eigenvalue weighted by atomic mass is 10.1. The smallest absolute Gasteiger partial charge is 0.203 e. The predicted molar refractivity (Wildman–Crippen MR) is 128 cm³/mol. The summed E-state index contributed by atoms with van der Waals surface area (Å²) < 4.78 is 28.1. The largest absolute Gasteiger partial charge is 0.493 e. The summed E-state index contributed by atoms with van der Waals surface area (Å²) in [6, 6.07) is 5.68. The minimum Gasteiger partial charge on any atom is -0.493 e. The van der Waals surface area contributed by atoms with Crippen LogP contribution in [0.1, 0.15) is 58.4 Å². The van der Waals surface area contributed by atoms with Gasteiger partial charge in [0, 0.05) is 24.5 Å². The van der Waals surface area contributed by atoms with Gasteiger partial charge in [0.05, 0.1) is 27.0 Å². The number of thioether (sulfide) groups is 1. The second kappa shape index (κ2) is 14.2. The van der Waals surface area contributed by atoms with E-state index >= 15 is 0 Å². The van der Waals surface area contributed by atoms with Crippen LogP contribution >= 0.6 is 11.8 Å². The Labute approximate surface area is 196 Å². The third-order valence-corrected chi connectivity index (χ3v) is 5.73. The molecule has 0 saturated heterocycles. The minimum atomic E-state index is -0.548. The van der Waals surface area contributed by atoms with Gasteiger partial charge in [0.15, 0.2) is 16.7 Å². The van der Waals surface area contributed by atoms with Crippen molar-refractivity contribution in [3.63, 3.8) is 0 Å². The predicted octanol–water partition coefficient (Wildman–Crippen LogP) is 5.91. The highest BCUT2D eigenvalue weighted by Crippen LogP contribution is 2.41. The van der Waals surface area contributed by atoms with E-state index in [9.17, 15) is 0 Å². The molecule has 0 aliphatic rings. The van der Waals surface area contributed by atoms with E-state index in [1.807, 2.05) is 32.0 Å². The monoisotopic (exact) mass is 464 g/mol. The van der Waals surface area contributed by atoms with Crippen molar-refractivity contribution >= 4 is 11.8 Å². The van der Waals surface area contributed by atoms with Gasteiger partial charge in [0.25, 0.3) is 0 Å².